The largest absolute Gasteiger partial charge is 0.383 e. The Morgan fingerprint density at radius 1 is 1.38 bits per heavy atom. The highest BCUT2D eigenvalue weighted by atomic mass is 16.5. The zero-order chi connectivity index (χ0) is 12.6. The third-order valence-corrected chi connectivity index (χ3v) is 3.29. The minimum atomic E-state index is 0.282. The van der Waals surface area contributed by atoms with Crippen LogP contribution in [0.5, 0.6) is 0 Å². The molecule has 0 aliphatic carbocycles. The van der Waals surface area contributed by atoms with Gasteiger partial charge < -0.3 is 10.5 Å². The normalized spacial score (nSPS) is 14.4. The van der Waals surface area contributed by atoms with E-state index in [4.69, 9.17) is 10.5 Å². The number of hydrogen-bond acceptors (Lipinski definition) is 3. The highest BCUT2D eigenvalue weighted by Crippen LogP contribution is 2.20. The SMILES string of the molecule is CCN(CCCC(C)(C)CN)C(C)COC. The van der Waals surface area contributed by atoms with Gasteiger partial charge in [0.2, 0.25) is 0 Å². The van der Waals surface area contributed by atoms with Crippen molar-refractivity contribution < 1.29 is 4.74 Å². The van der Waals surface area contributed by atoms with Crippen LogP contribution in [0.1, 0.15) is 40.5 Å². The summed E-state index contributed by atoms with van der Waals surface area (Å²) < 4.78 is 5.19. The number of ether oxygens (including phenoxy) is 1. The maximum atomic E-state index is 5.73. The average molecular weight is 230 g/mol. The molecule has 16 heavy (non-hydrogen) atoms. The fraction of sp³-hybridized carbons (Fsp3) is 1.00. The van der Waals surface area contributed by atoms with Crippen LogP contribution in [0.3, 0.4) is 0 Å². The van der Waals surface area contributed by atoms with Crippen LogP contribution in [0.4, 0.5) is 0 Å². The summed E-state index contributed by atoms with van der Waals surface area (Å²) in [5.74, 6) is 0. The summed E-state index contributed by atoms with van der Waals surface area (Å²) in [6, 6.07) is 0.510. The Kier molecular flexibility index (Phi) is 7.98. The standard InChI is InChI=1S/C13H30N2O/c1-6-15(12(2)10-16-5)9-7-8-13(3,4)11-14/h12H,6-11,14H2,1-5H3. The van der Waals surface area contributed by atoms with Crippen molar-refractivity contribution in [3.8, 4) is 0 Å². The van der Waals surface area contributed by atoms with Crippen molar-refractivity contribution in [1.29, 1.82) is 0 Å². The van der Waals surface area contributed by atoms with Crippen LogP contribution in [0.15, 0.2) is 0 Å². The van der Waals surface area contributed by atoms with E-state index in [2.05, 4.69) is 32.6 Å². The first kappa shape index (κ1) is 15.9. The number of likely N-dealkylation sites (N-methyl/N-ethyl adjacent to an activating group) is 1. The van der Waals surface area contributed by atoms with Crippen molar-refractivity contribution in [2.75, 3.05) is 33.4 Å². The molecule has 0 amide bonds. The smallest absolute Gasteiger partial charge is 0.0615 e. The lowest BCUT2D eigenvalue weighted by atomic mass is 9.88. The average Bonchev–Trinajstić information content (AvgIpc) is 2.24. The van der Waals surface area contributed by atoms with E-state index in [1.54, 1.807) is 7.11 Å². The Morgan fingerprint density at radius 2 is 2.00 bits per heavy atom. The number of methoxy groups -OCH3 is 1. The van der Waals surface area contributed by atoms with Crippen LogP contribution in [0.2, 0.25) is 0 Å². The van der Waals surface area contributed by atoms with Crippen LogP contribution >= 0.6 is 0 Å². The van der Waals surface area contributed by atoms with Gasteiger partial charge in [-0.3, -0.25) is 4.90 Å². The molecule has 1 unspecified atom stereocenters. The topological polar surface area (TPSA) is 38.5 Å². The van der Waals surface area contributed by atoms with E-state index in [-0.39, 0.29) is 5.41 Å². The van der Waals surface area contributed by atoms with Crippen molar-refractivity contribution in [2.24, 2.45) is 11.1 Å². The van der Waals surface area contributed by atoms with Crippen LogP contribution in [-0.2, 0) is 4.74 Å². The number of nitrogens with two attached hydrogens (primary N) is 1. The molecule has 0 bridgehead atoms. The molecule has 2 N–H and O–H groups in total. The van der Waals surface area contributed by atoms with Gasteiger partial charge in [0.15, 0.2) is 0 Å². The molecule has 0 aliphatic heterocycles. The maximum Gasteiger partial charge on any atom is 0.0615 e. The second-order valence-corrected chi connectivity index (χ2v) is 5.40. The Labute approximate surface area is 101 Å². The van der Waals surface area contributed by atoms with E-state index in [1.165, 1.54) is 12.8 Å². The molecule has 0 saturated carbocycles. The van der Waals surface area contributed by atoms with Crippen molar-refractivity contribution in [1.82, 2.24) is 4.90 Å². The first-order valence-electron chi connectivity index (χ1n) is 6.40. The molecule has 0 spiro atoms. The molecule has 0 heterocycles. The van der Waals surface area contributed by atoms with Gasteiger partial charge in [-0.15, -0.1) is 0 Å². The second-order valence-electron chi connectivity index (χ2n) is 5.40. The fourth-order valence-electron chi connectivity index (χ4n) is 1.90. The van der Waals surface area contributed by atoms with Gasteiger partial charge >= 0.3 is 0 Å². The highest BCUT2D eigenvalue weighted by Gasteiger charge is 2.17. The highest BCUT2D eigenvalue weighted by molar-refractivity contribution is 4.71. The fourth-order valence-corrected chi connectivity index (χ4v) is 1.90. The quantitative estimate of drug-likeness (QED) is 0.659. The summed E-state index contributed by atoms with van der Waals surface area (Å²) in [7, 11) is 1.77. The summed E-state index contributed by atoms with van der Waals surface area (Å²) in [5.41, 5.74) is 6.01. The molecule has 0 saturated heterocycles. The maximum absolute atomic E-state index is 5.73. The van der Waals surface area contributed by atoms with E-state index >= 15 is 0 Å². The summed E-state index contributed by atoms with van der Waals surface area (Å²) in [4.78, 5) is 2.47. The Bertz CT molecular complexity index is 171. The van der Waals surface area contributed by atoms with Crippen LogP contribution in [0.25, 0.3) is 0 Å². The first-order chi connectivity index (χ1) is 7.46. The van der Waals surface area contributed by atoms with Gasteiger partial charge in [-0.1, -0.05) is 20.8 Å². The molecule has 0 radical (unpaired) electrons. The first-order valence-corrected chi connectivity index (χ1v) is 6.40. The van der Waals surface area contributed by atoms with Crippen LogP contribution in [0, 0.1) is 5.41 Å². The molecule has 3 nitrogen and oxygen atoms in total. The molecule has 0 aromatic carbocycles. The van der Waals surface area contributed by atoms with Gasteiger partial charge in [0, 0.05) is 13.2 Å². The Morgan fingerprint density at radius 3 is 2.44 bits per heavy atom. The molecular formula is C13H30N2O. The number of nitrogens with zero attached hydrogens (tertiary/aromatic N) is 1. The molecule has 1 atom stereocenters. The molecule has 3 heteroatoms. The van der Waals surface area contributed by atoms with Crippen LogP contribution < -0.4 is 5.73 Å². The van der Waals surface area contributed by atoms with Crippen molar-refractivity contribution in [3.05, 3.63) is 0 Å². The second kappa shape index (κ2) is 8.04. The molecule has 0 fully saturated rings. The van der Waals surface area contributed by atoms with Crippen molar-refractivity contribution in [2.45, 2.75) is 46.6 Å². The molecule has 0 rings (SSSR count). The lowest BCUT2D eigenvalue weighted by molar-refractivity contribution is 0.0991. The van der Waals surface area contributed by atoms with Gasteiger partial charge in [0.1, 0.15) is 0 Å². The summed E-state index contributed by atoms with van der Waals surface area (Å²) >= 11 is 0. The molecular weight excluding hydrogens is 200 g/mol. The van der Waals surface area contributed by atoms with Crippen molar-refractivity contribution in [3.63, 3.8) is 0 Å². The van der Waals surface area contributed by atoms with Crippen molar-refractivity contribution >= 4 is 0 Å². The van der Waals surface area contributed by atoms with Gasteiger partial charge in [-0.25, -0.2) is 0 Å². The summed E-state index contributed by atoms with van der Waals surface area (Å²) in [6.45, 7) is 12.7. The van der Waals surface area contributed by atoms with Crippen LogP contribution in [-0.4, -0.2) is 44.3 Å². The van der Waals surface area contributed by atoms with E-state index in [1.807, 2.05) is 0 Å². The van der Waals surface area contributed by atoms with E-state index in [0.29, 0.717) is 6.04 Å². The van der Waals surface area contributed by atoms with Gasteiger partial charge in [0.25, 0.3) is 0 Å². The van der Waals surface area contributed by atoms with Gasteiger partial charge in [-0.2, -0.15) is 0 Å². The van der Waals surface area contributed by atoms with E-state index in [9.17, 15) is 0 Å². The van der Waals surface area contributed by atoms with Gasteiger partial charge in [0.05, 0.1) is 6.61 Å². The molecule has 0 aromatic heterocycles. The third-order valence-electron chi connectivity index (χ3n) is 3.29. The molecule has 98 valence electrons. The lowest BCUT2D eigenvalue weighted by Crippen LogP contribution is -2.37. The minimum Gasteiger partial charge on any atom is -0.383 e. The molecule has 0 aliphatic rings. The third kappa shape index (κ3) is 6.46. The van der Waals surface area contributed by atoms with Gasteiger partial charge in [-0.05, 0) is 44.8 Å². The monoisotopic (exact) mass is 230 g/mol. The molecule has 0 aromatic rings. The number of rotatable bonds is 9. The zero-order valence-electron chi connectivity index (χ0n) is 11.8. The summed E-state index contributed by atoms with van der Waals surface area (Å²) in [6.07, 6.45) is 2.41. The van der Waals surface area contributed by atoms with E-state index < -0.39 is 0 Å². The van der Waals surface area contributed by atoms with E-state index in [0.717, 1.165) is 26.2 Å². The zero-order valence-corrected chi connectivity index (χ0v) is 11.8. The Hall–Kier alpha value is -0.120. The number of hydrogen-bond donors (Lipinski definition) is 1. The predicted molar refractivity (Wildman–Crippen MR) is 70.7 cm³/mol. The summed E-state index contributed by atoms with van der Waals surface area (Å²) in [5, 5.41) is 0. The minimum absolute atomic E-state index is 0.282. The lowest BCUT2D eigenvalue weighted by Gasteiger charge is -2.29. The Balaban J connectivity index is 3.87. The predicted octanol–water partition coefficient (Wildman–Crippen LogP) is 2.11.